The van der Waals surface area contributed by atoms with Gasteiger partial charge >= 0.3 is 0 Å². The first-order valence-corrected chi connectivity index (χ1v) is 4.60. The van der Waals surface area contributed by atoms with Crippen LogP contribution >= 0.6 is 0 Å². The fourth-order valence-corrected chi connectivity index (χ4v) is 1.59. The Morgan fingerprint density at radius 2 is 2.40 bits per heavy atom. The van der Waals surface area contributed by atoms with Gasteiger partial charge in [-0.2, -0.15) is 5.26 Å². The predicted molar refractivity (Wildman–Crippen MR) is 53.8 cm³/mol. The number of hydrogen-bond acceptors (Lipinski definition) is 4. The molecule has 1 aromatic rings. The number of hydrogen-bond donors (Lipinski definition) is 1. The Bertz CT molecular complexity index is 431. The summed E-state index contributed by atoms with van der Waals surface area (Å²) < 4.78 is 0. The van der Waals surface area contributed by atoms with Crippen LogP contribution < -0.4 is 10.6 Å². The number of nitrogens with two attached hydrogens (primary N) is 1. The summed E-state index contributed by atoms with van der Waals surface area (Å²) in [5.74, 6) is -0.384. The van der Waals surface area contributed by atoms with Crippen molar-refractivity contribution < 1.29 is 4.79 Å². The van der Waals surface area contributed by atoms with Crippen LogP contribution in [-0.2, 0) is 4.79 Å². The minimum Gasteiger partial charge on any atom is -0.369 e. The zero-order chi connectivity index (χ0) is 10.8. The molecule has 0 aliphatic carbocycles. The Kier molecular flexibility index (Phi) is 2.26. The van der Waals surface area contributed by atoms with Crippen molar-refractivity contribution in [3.63, 3.8) is 0 Å². The lowest BCUT2D eigenvalue weighted by atomic mass is 9.98. The van der Waals surface area contributed by atoms with E-state index in [0.717, 1.165) is 5.69 Å². The third-order valence-corrected chi connectivity index (χ3v) is 2.55. The molecule has 2 heterocycles. The van der Waals surface area contributed by atoms with Gasteiger partial charge in [-0.05, 0) is 6.07 Å². The van der Waals surface area contributed by atoms with Gasteiger partial charge in [-0.15, -0.1) is 0 Å². The molecule has 15 heavy (non-hydrogen) atoms. The van der Waals surface area contributed by atoms with Gasteiger partial charge in [0.2, 0.25) is 5.91 Å². The summed E-state index contributed by atoms with van der Waals surface area (Å²) in [6.07, 6.45) is 3.21. The maximum Gasteiger partial charge on any atom is 0.224 e. The summed E-state index contributed by atoms with van der Waals surface area (Å²) in [6, 6.07) is 3.75. The average Bonchev–Trinajstić information content (AvgIpc) is 2.15. The summed E-state index contributed by atoms with van der Waals surface area (Å²) in [5, 5.41) is 8.87. The van der Waals surface area contributed by atoms with Crippen molar-refractivity contribution in [2.75, 3.05) is 18.0 Å². The Hall–Kier alpha value is -2.09. The molecule has 0 bridgehead atoms. The van der Waals surface area contributed by atoms with Gasteiger partial charge in [0.1, 0.15) is 6.07 Å². The molecule has 0 spiro atoms. The van der Waals surface area contributed by atoms with Gasteiger partial charge in [-0.3, -0.25) is 9.78 Å². The maximum atomic E-state index is 10.8. The monoisotopic (exact) mass is 202 g/mol. The Labute approximate surface area is 87.1 Å². The third-order valence-electron chi connectivity index (χ3n) is 2.55. The number of primary amides is 1. The van der Waals surface area contributed by atoms with E-state index in [4.69, 9.17) is 11.0 Å². The summed E-state index contributed by atoms with van der Waals surface area (Å²) >= 11 is 0. The topological polar surface area (TPSA) is 83.0 Å². The first-order valence-electron chi connectivity index (χ1n) is 4.60. The van der Waals surface area contributed by atoms with E-state index in [0.29, 0.717) is 18.7 Å². The normalized spacial score (nSPS) is 15.5. The van der Waals surface area contributed by atoms with E-state index in [1.807, 2.05) is 4.90 Å². The van der Waals surface area contributed by atoms with Crippen molar-refractivity contribution in [1.29, 1.82) is 5.26 Å². The molecule has 0 radical (unpaired) electrons. The lowest BCUT2D eigenvalue weighted by Crippen LogP contribution is -2.52. The number of amides is 1. The molecule has 0 unspecified atom stereocenters. The first kappa shape index (κ1) is 9.46. The number of carbonyl (C=O) groups is 1. The van der Waals surface area contributed by atoms with Crippen molar-refractivity contribution in [3.05, 3.63) is 24.0 Å². The highest BCUT2D eigenvalue weighted by molar-refractivity contribution is 5.80. The zero-order valence-electron chi connectivity index (χ0n) is 8.05. The molecule has 0 aromatic carbocycles. The molecule has 2 rings (SSSR count). The average molecular weight is 202 g/mol. The second-order valence-corrected chi connectivity index (χ2v) is 3.51. The van der Waals surface area contributed by atoms with Crippen molar-refractivity contribution in [3.8, 4) is 6.07 Å². The van der Waals surface area contributed by atoms with Crippen LogP contribution in [0.2, 0.25) is 0 Å². The number of carbonyl (C=O) groups excluding carboxylic acids is 1. The Morgan fingerprint density at radius 1 is 1.67 bits per heavy atom. The SMILES string of the molecule is N#Cc1ccncc1N1CC(C(N)=O)C1. The molecule has 0 saturated carbocycles. The van der Waals surface area contributed by atoms with Crippen LogP contribution in [0.1, 0.15) is 5.56 Å². The minimum absolute atomic E-state index is 0.100. The molecule has 1 aliphatic rings. The van der Waals surface area contributed by atoms with Crippen LogP contribution in [0.15, 0.2) is 18.5 Å². The van der Waals surface area contributed by atoms with Crippen molar-refractivity contribution >= 4 is 11.6 Å². The molecule has 2 N–H and O–H groups in total. The van der Waals surface area contributed by atoms with Crippen molar-refractivity contribution in [1.82, 2.24) is 4.98 Å². The second kappa shape index (κ2) is 3.58. The van der Waals surface area contributed by atoms with Crippen LogP contribution in [0.25, 0.3) is 0 Å². The van der Waals surface area contributed by atoms with Crippen LogP contribution in [-0.4, -0.2) is 24.0 Å². The van der Waals surface area contributed by atoms with Gasteiger partial charge in [-0.1, -0.05) is 0 Å². The molecule has 1 amide bonds. The number of nitrogens with zero attached hydrogens (tertiary/aromatic N) is 3. The smallest absolute Gasteiger partial charge is 0.224 e. The Morgan fingerprint density at radius 3 is 3.00 bits per heavy atom. The van der Waals surface area contributed by atoms with E-state index in [-0.39, 0.29) is 11.8 Å². The fraction of sp³-hybridized carbons (Fsp3) is 0.300. The first-order chi connectivity index (χ1) is 7.22. The number of pyridine rings is 1. The number of rotatable bonds is 2. The third kappa shape index (κ3) is 1.62. The van der Waals surface area contributed by atoms with Gasteiger partial charge in [-0.25, -0.2) is 0 Å². The standard InChI is InChI=1S/C10H10N4O/c11-3-7-1-2-13-4-9(7)14-5-8(6-14)10(12)15/h1-2,4,8H,5-6H2,(H2,12,15). The minimum atomic E-state index is -0.284. The number of nitriles is 1. The van der Waals surface area contributed by atoms with E-state index >= 15 is 0 Å². The van der Waals surface area contributed by atoms with Crippen LogP contribution in [0.5, 0.6) is 0 Å². The molecule has 76 valence electrons. The van der Waals surface area contributed by atoms with Gasteiger partial charge in [0.05, 0.1) is 23.4 Å². The van der Waals surface area contributed by atoms with Gasteiger partial charge in [0.15, 0.2) is 0 Å². The van der Waals surface area contributed by atoms with E-state index in [1.165, 1.54) is 0 Å². The Balaban J connectivity index is 2.14. The molecular weight excluding hydrogens is 192 g/mol. The molecule has 1 aliphatic heterocycles. The van der Waals surface area contributed by atoms with Crippen LogP contribution in [0.4, 0.5) is 5.69 Å². The van der Waals surface area contributed by atoms with Gasteiger partial charge < -0.3 is 10.6 Å². The maximum absolute atomic E-state index is 10.8. The molecule has 5 heteroatoms. The fourth-order valence-electron chi connectivity index (χ4n) is 1.59. The highest BCUT2D eigenvalue weighted by atomic mass is 16.1. The summed E-state index contributed by atoms with van der Waals surface area (Å²) in [5.41, 5.74) is 6.51. The molecule has 1 saturated heterocycles. The highest BCUT2D eigenvalue weighted by Gasteiger charge is 2.32. The second-order valence-electron chi connectivity index (χ2n) is 3.51. The number of anilines is 1. The molecule has 5 nitrogen and oxygen atoms in total. The summed E-state index contributed by atoms with van der Waals surface area (Å²) in [7, 11) is 0. The van der Waals surface area contributed by atoms with E-state index in [1.54, 1.807) is 18.5 Å². The largest absolute Gasteiger partial charge is 0.369 e. The number of aromatic nitrogens is 1. The van der Waals surface area contributed by atoms with Crippen molar-refractivity contribution in [2.24, 2.45) is 11.7 Å². The van der Waals surface area contributed by atoms with Crippen LogP contribution in [0.3, 0.4) is 0 Å². The molecule has 1 aromatic heterocycles. The zero-order valence-corrected chi connectivity index (χ0v) is 8.05. The van der Waals surface area contributed by atoms with Crippen LogP contribution in [0, 0.1) is 17.2 Å². The lowest BCUT2D eigenvalue weighted by molar-refractivity contribution is -0.122. The van der Waals surface area contributed by atoms with E-state index in [9.17, 15) is 4.79 Å². The quantitative estimate of drug-likeness (QED) is 0.724. The lowest BCUT2D eigenvalue weighted by Gasteiger charge is -2.39. The molecule has 0 atom stereocenters. The highest BCUT2D eigenvalue weighted by Crippen LogP contribution is 2.26. The molecule has 1 fully saturated rings. The van der Waals surface area contributed by atoms with E-state index < -0.39 is 0 Å². The van der Waals surface area contributed by atoms with E-state index in [2.05, 4.69) is 11.1 Å². The predicted octanol–water partition coefficient (Wildman–Crippen LogP) is -0.125. The van der Waals surface area contributed by atoms with Gasteiger partial charge in [0, 0.05) is 19.3 Å². The summed E-state index contributed by atoms with van der Waals surface area (Å²) in [6.45, 7) is 1.16. The summed E-state index contributed by atoms with van der Waals surface area (Å²) in [4.78, 5) is 16.7. The van der Waals surface area contributed by atoms with Crippen molar-refractivity contribution in [2.45, 2.75) is 0 Å². The van der Waals surface area contributed by atoms with Gasteiger partial charge in [0.25, 0.3) is 0 Å². The molecular formula is C10H10N4O.